The van der Waals surface area contributed by atoms with Crippen LogP contribution in [-0.2, 0) is 20.9 Å². The number of thioether (sulfide) groups is 1. The van der Waals surface area contributed by atoms with Gasteiger partial charge in [0, 0.05) is 24.9 Å². The van der Waals surface area contributed by atoms with Crippen LogP contribution in [0.5, 0.6) is 0 Å². The number of thiophene rings is 1. The molecule has 0 aliphatic carbocycles. The molecule has 3 heterocycles. The highest BCUT2D eigenvalue weighted by molar-refractivity contribution is 8.00. The minimum absolute atomic E-state index is 0.133. The van der Waals surface area contributed by atoms with E-state index in [1.807, 2.05) is 24.4 Å². The molecule has 1 saturated heterocycles. The summed E-state index contributed by atoms with van der Waals surface area (Å²) in [6.07, 6.45) is 2.20. The first-order chi connectivity index (χ1) is 15.5. The summed E-state index contributed by atoms with van der Waals surface area (Å²) in [6, 6.07) is 11.0. The second-order valence-corrected chi connectivity index (χ2v) is 9.79. The molecule has 2 atom stereocenters. The molecule has 2 N–H and O–H groups in total. The summed E-state index contributed by atoms with van der Waals surface area (Å²) in [6.45, 7) is 4.75. The molecule has 168 valence electrons. The Hall–Kier alpha value is -2.69. The zero-order valence-corrected chi connectivity index (χ0v) is 19.5. The normalized spacial score (nSPS) is 16.6. The number of carbonyl (C=O) groups excluding carboxylic acids is 2. The van der Waals surface area contributed by atoms with Crippen LogP contribution in [0, 0.1) is 0 Å². The molecular weight excluding hydrogens is 446 g/mol. The van der Waals surface area contributed by atoms with Crippen LogP contribution in [0.3, 0.4) is 0 Å². The van der Waals surface area contributed by atoms with Gasteiger partial charge in [-0.05, 0) is 55.5 Å². The minimum Gasteiger partial charge on any atom is -0.376 e. The summed E-state index contributed by atoms with van der Waals surface area (Å²) in [7, 11) is 0. The molecule has 0 saturated carbocycles. The Labute approximate surface area is 194 Å². The molecule has 2 amide bonds. The number of anilines is 2. The van der Waals surface area contributed by atoms with Gasteiger partial charge in [0.15, 0.2) is 11.0 Å². The number of ether oxygens (including phenoxy) is 1. The Kier molecular flexibility index (Phi) is 7.23. The molecule has 4 rings (SSSR count). The summed E-state index contributed by atoms with van der Waals surface area (Å²) in [5.41, 5.74) is 1.35. The standard InChI is InChI=1S/C22H25N5O3S2/c1-14(21(29)24-17-9-7-16(8-10-17)23-15(2)28)32-22-26-25-20(19-6-4-12-31-19)27(22)13-18-5-3-11-30-18/h4,6-10,12,14,18H,3,5,11,13H2,1-2H3,(H,23,28)(H,24,29)/t14-,18-/m0/s1. The highest BCUT2D eigenvalue weighted by Crippen LogP contribution is 2.31. The zero-order chi connectivity index (χ0) is 22.5. The largest absolute Gasteiger partial charge is 0.376 e. The van der Waals surface area contributed by atoms with Gasteiger partial charge in [-0.3, -0.25) is 14.2 Å². The fourth-order valence-electron chi connectivity index (χ4n) is 3.42. The lowest BCUT2D eigenvalue weighted by atomic mass is 10.2. The van der Waals surface area contributed by atoms with Crippen LogP contribution in [0.2, 0.25) is 0 Å². The lowest BCUT2D eigenvalue weighted by Gasteiger charge is -2.16. The van der Waals surface area contributed by atoms with Crippen LogP contribution in [0.15, 0.2) is 46.9 Å². The van der Waals surface area contributed by atoms with Gasteiger partial charge in [-0.2, -0.15) is 0 Å². The average Bonchev–Trinajstić information content (AvgIpc) is 3.52. The predicted molar refractivity (Wildman–Crippen MR) is 127 cm³/mol. The number of hydrogen-bond acceptors (Lipinski definition) is 7. The molecular formula is C22H25N5O3S2. The van der Waals surface area contributed by atoms with E-state index in [4.69, 9.17) is 4.74 Å². The molecule has 10 heteroatoms. The predicted octanol–water partition coefficient (Wildman–Crippen LogP) is 4.26. The first-order valence-electron chi connectivity index (χ1n) is 10.4. The van der Waals surface area contributed by atoms with Crippen molar-refractivity contribution in [2.24, 2.45) is 0 Å². The third-order valence-corrected chi connectivity index (χ3v) is 6.94. The molecule has 1 aromatic carbocycles. The zero-order valence-electron chi connectivity index (χ0n) is 17.9. The average molecular weight is 472 g/mol. The SMILES string of the molecule is CC(=O)Nc1ccc(NC(=O)[C@H](C)Sc2nnc(-c3cccs3)n2C[C@@H]2CCCO2)cc1. The van der Waals surface area contributed by atoms with E-state index in [0.717, 1.165) is 30.2 Å². The van der Waals surface area contributed by atoms with E-state index in [-0.39, 0.29) is 23.2 Å². The maximum atomic E-state index is 12.8. The highest BCUT2D eigenvalue weighted by Gasteiger charge is 2.25. The van der Waals surface area contributed by atoms with Crippen molar-refractivity contribution >= 4 is 46.3 Å². The number of rotatable bonds is 8. The molecule has 32 heavy (non-hydrogen) atoms. The first kappa shape index (κ1) is 22.5. The van der Waals surface area contributed by atoms with Crippen molar-refractivity contribution in [2.45, 2.75) is 49.7 Å². The second kappa shape index (κ2) is 10.3. The van der Waals surface area contributed by atoms with Crippen molar-refractivity contribution in [2.75, 3.05) is 17.2 Å². The van der Waals surface area contributed by atoms with Crippen molar-refractivity contribution in [1.29, 1.82) is 0 Å². The fourth-order valence-corrected chi connectivity index (χ4v) is 4.99. The fraction of sp³-hybridized carbons (Fsp3) is 0.364. The first-order valence-corrected chi connectivity index (χ1v) is 12.2. The van der Waals surface area contributed by atoms with Crippen LogP contribution in [0.1, 0.15) is 26.7 Å². The number of nitrogens with one attached hydrogen (secondary N) is 2. The van der Waals surface area contributed by atoms with E-state index < -0.39 is 0 Å². The van der Waals surface area contributed by atoms with Crippen molar-refractivity contribution in [3.8, 4) is 10.7 Å². The highest BCUT2D eigenvalue weighted by atomic mass is 32.2. The minimum atomic E-state index is -0.381. The number of nitrogens with zero attached hydrogens (tertiary/aromatic N) is 3. The Bertz CT molecular complexity index is 1060. The molecule has 2 aromatic heterocycles. The lowest BCUT2D eigenvalue weighted by Crippen LogP contribution is -2.23. The molecule has 1 aliphatic heterocycles. The maximum Gasteiger partial charge on any atom is 0.237 e. The summed E-state index contributed by atoms with van der Waals surface area (Å²) in [4.78, 5) is 25.0. The summed E-state index contributed by atoms with van der Waals surface area (Å²) < 4.78 is 7.90. The quantitative estimate of drug-likeness (QED) is 0.476. The van der Waals surface area contributed by atoms with E-state index in [1.165, 1.54) is 18.7 Å². The van der Waals surface area contributed by atoms with Crippen LogP contribution in [0.25, 0.3) is 10.7 Å². The molecule has 0 unspecified atom stereocenters. The van der Waals surface area contributed by atoms with Crippen molar-refractivity contribution in [3.63, 3.8) is 0 Å². The van der Waals surface area contributed by atoms with Gasteiger partial charge in [-0.25, -0.2) is 0 Å². The van der Waals surface area contributed by atoms with E-state index in [2.05, 4.69) is 25.4 Å². The molecule has 1 aliphatic rings. The van der Waals surface area contributed by atoms with Crippen molar-refractivity contribution in [3.05, 3.63) is 41.8 Å². The number of aromatic nitrogens is 3. The van der Waals surface area contributed by atoms with Gasteiger partial charge in [-0.15, -0.1) is 21.5 Å². The monoisotopic (exact) mass is 471 g/mol. The topological polar surface area (TPSA) is 98.1 Å². The lowest BCUT2D eigenvalue weighted by molar-refractivity contribution is -0.115. The number of amides is 2. The van der Waals surface area contributed by atoms with Gasteiger partial charge < -0.3 is 15.4 Å². The Morgan fingerprint density at radius 2 is 1.97 bits per heavy atom. The second-order valence-electron chi connectivity index (χ2n) is 7.54. The third kappa shape index (κ3) is 5.56. The van der Waals surface area contributed by atoms with E-state index >= 15 is 0 Å². The molecule has 0 bridgehead atoms. The van der Waals surface area contributed by atoms with Gasteiger partial charge in [0.25, 0.3) is 0 Å². The smallest absolute Gasteiger partial charge is 0.237 e. The van der Waals surface area contributed by atoms with E-state index in [1.54, 1.807) is 35.6 Å². The number of hydrogen-bond donors (Lipinski definition) is 2. The van der Waals surface area contributed by atoms with Crippen LogP contribution in [0.4, 0.5) is 11.4 Å². The van der Waals surface area contributed by atoms with Crippen molar-refractivity contribution in [1.82, 2.24) is 14.8 Å². The van der Waals surface area contributed by atoms with Crippen LogP contribution in [-0.4, -0.2) is 44.5 Å². The molecule has 0 radical (unpaired) electrons. The summed E-state index contributed by atoms with van der Waals surface area (Å²) in [5, 5.41) is 16.8. The van der Waals surface area contributed by atoms with Gasteiger partial charge in [-0.1, -0.05) is 17.8 Å². The molecule has 8 nitrogen and oxygen atoms in total. The van der Waals surface area contributed by atoms with Crippen LogP contribution < -0.4 is 10.6 Å². The van der Waals surface area contributed by atoms with E-state index in [0.29, 0.717) is 23.1 Å². The summed E-state index contributed by atoms with van der Waals surface area (Å²) in [5.74, 6) is 0.534. The number of carbonyl (C=O) groups is 2. The summed E-state index contributed by atoms with van der Waals surface area (Å²) >= 11 is 2.99. The molecule has 3 aromatic rings. The van der Waals surface area contributed by atoms with Gasteiger partial charge >= 0.3 is 0 Å². The Morgan fingerprint density at radius 3 is 2.59 bits per heavy atom. The Morgan fingerprint density at radius 1 is 1.22 bits per heavy atom. The van der Waals surface area contributed by atoms with Crippen molar-refractivity contribution < 1.29 is 14.3 Å². The Balaban J connectivity index is 1.45. The molecule has 1 fully saturated rings. The third-order valence-electron chi connectivity index (χ3n) is 4.99. The van der Waals surface area contributed by atoms with Gasteiger partial charge in [0.2, 0.25) is 11.8 Å². The molecule has 0 spiro atoms. The van der Waals surface area contributed by atoms with Gasteiger partial charge in [0.05, 0.1) is 22.8 Å². The van der Waals surface area contributed by atoms with Crippen LogP contribution >= 0.6 is 23.1 Å². The maximum absolute atomic E-state index is 12.8. The number of benzene rings is 1. The van der Waals surface area contributed by atoms with E-state index in [9.17, 15) is 9.59 Å². The van der Waals surface area contributed by atoms with Gasteiger partial charge in [0.1, 0.15) is 0 Å².